The minimum absolute atomic E-state index is 0.0419. The van der Waals surface area contributed by atoms with Crippen LogP contribution >= 0.6 is 0 Å². The van der Waals surface area contributed by atoms with E-state index < -0.39 is 6.10 Å². The zero-order valence-electron chi connectivity index (χ0n) is 12.6. The first-order chi connectivity index (χ1) is 9.97. The van der Waals surface area contributed by atoms with Gasteiger partial charge in [0.05, 0.1) is 6.10 Å². The molecule has 1 saturated heterocycles. The second kappa shape index (κ2) is 6.89. The van der Waals surface area contributed by atoms with Crippen molar-refractivity contribution >= 4 is 6.03 Å². The third-order valence-corrected chi connectivity index (χ3v) is 3.90. The zero-order valence-corrected chi connectivity index (χ0v) is 12.6. The number of aliphatic hydroxyl groups excluding tert-OH is 1. The number of amides is 2. The lowest BCUT2D eigenvalue weighted by Crippen LogP contribution is -2.47. The molecule has 4 nitrogen and oxygen atoms in total. The number of aliphatic hydroxyl groups is 1. The molecule has 0 spiro atoms. The van der Waals surface area contributed by atoms with Crippen LogP contribution in [-0.2, 0) is 0 Å². The highest BCUT2D eigenvalue weighted by molar-refractivity contribution is 5.74. The summed E-state index contributed by atoms with van der Waals surface area (Å²) >= 11 is 0. The minimum atomic E-state index is -0.596. The number of urea groups is 1. The molecule has 0 bridgehead atoms. The molecule has 2 N–H and O–H groups in total. The van der Waals surface area contributed by atoms with Gasteiger partial charge in [-0.15, -0.1) is 0 Å². The number of halogens is 1. The number of rotatable bonds is 3. The average molecular weight is 294 g/mol. The van der Waals surface area contributed by atoms with Gasteiger partial charge in [-0.2, -0.15) is 0 Å². The third-order valence-electron chi connectivity index (χ3n) is 3.90. The lowest BCUT2D eigenvalue weighted by molar-refractivity contribution is 0.0662. The molecule has 0 saturated carbocycles. The van der Waals surface area contributed by atoms with Crippen LogP contribution in [0.1, 0.15) is 38.4 Å². The molecule has 116 valence electrons. The van der Waals surface area contributed by atoms with Crippen molar-refractivity contribution in [3.63, 3.8) is 0 Å². The van der Waals surface area contributed by atoms with Gasteiger partial charge in [-0.05, 0) is 50.3 Å². The molecular formula is C16H23FN2O2. The first-order valence-electron chi connectivity index (χ1n) is 7.46. The number of benzene rings is 1. The Balaban J connectivity index is 1.88. The Morgan fingerprint density at radius 2 is 1.86 bits per heavy atom. The van der Waals surface area contributed by atoms with Gasteiger partial charge < -0.3 is 15.3 Å². The molecule has 1 heterocycles. The molecule has 0 aliphatic carbocycles. The van der Waals surface area contributed by atoms with Gasteiger partial charge in [0.15, 0.2) is 0 Å². The van der Waals surface area contributed by atoms with Crippen molar-refractivity contribution in [2.45, 2.75) is 38.8 Å². The summed E-state index contributed by atoms with van der Waals surface area (Å²) in [4.78, 5) is 13.7. The zero-order chi connectivity index (χ0) is 15.4. The standard InChI is InChI=1S/C16H23FN2O2/c1-11(2)18-16(21)19-9-7-13(8-10-19)15(20)12-3-5-14(17)6-4-12/h3-6,11,13,15,20H,7-10H2,1-2H3,(H,18,21). The first-order valence-corrected chi connectivity index (χ1v) is 7.46. The summed E-state index contributed by atoms with van der Waals surface area (Å²) in [5.41, 5.74) is 0.737. The topological polar surface area (TPSA) is 52.6 Å². The van der Waals surface area contributed by atoms with E-state index in [0.717, 1.165) is 18.4 Å². The Kier molecular flexibility index (Phi) is 5.17. The van der Waals surface area contributed by atoms with Gasteiger partial charge in [-0.1, -0.05) is 12.1 Å². The van der Waals surface area contributed by atoms with Gasteiger partial charge in [0.2, 0.25) is 0 Å². The van der Waals surface area contributed by atoms with E-state index in [1.807, 2.05) is 13.8 Å². The van der Waals surface area contributed by atoms with Crippen LogP contribution in [0.25, 0.3) is 0 Å². The maximum Gasteiger partial charge on any atom is 0.317 e. The molecule has 1 unspecified atom stereocenters. The van der Waals surface area contributed by atoms with Crippen LogP contribution in [0.4, 0.5) is 9.18 Å². The predicted octanol–water partition coefficient (Wildman–Crippen LogP) is 2.69. The van der Waals surface area contributed by atoms with E-state index in [4.69, 9.17) is 0 Å². The first kappa shape index (κ1) is 15.8. The highest BCUT2D eigenvalue weighted by atomic mass is 19.1. The summed E-state index contributed by atoms with van der Waals surface area (Å²) in [5, 5.41) is 13.2. The number of nitrogens with one attached hydrogen (secondary N) is 1. The SMILES string of the molecule is CC(C)NC(=O)N1CCC(C(O)c2ccc(F)cc2)CC1. The smallest absolute Gasteiger partial charge is 0.317 e. The second-order valence-corrected chi connectivity index (χ2v) is 5.93. The van der Waals surface area contributed by atoms with Crippen LogP contribution < -0.4 is 5.32 Å². The number of hydrogen-bond donors (Lipinski definition) is 2. The van der Waals surface area contributed by atoms with Crippen molar-refractivity contribution in [3.8, 4) is 0 Å². The molecule has 21 heavy (non-hydrogen) atoms. The molecular weight excluding hydrogens is 271 g/mol. The Hall–Kier alpha value is -1.62. The lowest BCUT2D eigenvalue weighted by atomic mass is 9.87. The molecule has 2 rings (SSSR count). The van der Waals surface area contributed by atoms with Gasteiger partial charge in [0.25, 0.3) is 0 Å². The fourth-order valence-corrected chi connectivity index (χ4v) is 2.69. The van der Waals surface area contributed by atoms with E-state index >= 15 is 0 Å². The van der Waals surface area contributed by atoms with Crippen LogP contribution in [0.15, 0.2) is 24.3 Å². The van der Waals surface area contributed by atoms with Crippen molar-refractivity contribution in [2.75, 3.05) is 13.1 Å². The highest BCUT2D eigenvalue weighted by Gasteiger charge is 2.28. The Labute approximate surface area is 125 Å². The van der Waals surface area contributed by atoms with Crippen LogP contribution in [-0.4, -0.2) is 35.2 Å². The second-order valence-electron chi connectivity index (χ2n) is 5.93. The fourth-order valence-electron chi connectivity index (χ4n) is 2.69. The molecule has 0 aromatic heterocycles. The van der Waals surface area contributed by atoms with E-state index in [9.17, 15) is 14.3 Å². The van der Waals surface area contributed by atoms with Crippen molar-refractivity contribution < 1.29 is 14.3 Å². The van der Waals surface area contributed by atoms with E-state index in [1.54, 1.807) is 17.0 Å². The van der Waals surface area contributed by atoms with Crippen molar-refractivity contribution in [1.82, 2.24) is 10.2 Å². The highest BCUT2D eigenvalue weighted by Crippen LogP contribution is 2.30. The van der Waals surface area contributed by atoms with Gasteiger partial charge in [0.1, 0.15) is 5.82 Å². The molecule has 1 aromatic rings. The van der Waals surface area contributed by atoms with Crippen molar-refractivity contribution in [3.05, 3.63) is 35.6 Å². The summed E-state index contributed by atoms with van der Waals surface area (Å²) in [5.74, 6) is -0.190. The third kappa shape index (κ3) is 4.17. The molecule has 0 radical (unpaired) electrons. The van der Waals surface area contributed by atoms with Gasteiger partial charge in [0, 0.05) is 19.1 Å². The Morgan fingerprint density at radius 1 is 1.29 bits per heavy atom. The number of carbonyl (C=O) groups is 1. The fraction of sp³-hybridized carbons (Fsp3) is 0.562. The molecule has 1 aromatic carbocycles. The number of piperidine rings is 1. The Bertz CT molecular complexity index is 468. The average Bonchev–Trinajstić information content (AvgIpc) is 2.47. The van der Waals surface area contributed by atoms with Gasteiger partial charge >= 0.3 is 6.03 Å². The Morgan fingerprint density at radius 3 is 2.38 bits per heavy atom. The van der Waals surface area contributed by atoms with Crippen LogP contribution in [0, 0.1) is 11.7 Å². The maximum atomic E-state index is 12.9. The minimum Gasteiger partial charge on any atom is -0.388 e. The predicted molar refractivity (Wildman–Crippen MR) is 79.3 cm³/mol. The number of nitrogens with zero attached hydrogens (tertiary/aromatic N) is 1. The van der Waals surface area contributed by atoms with E-state index in [0.29, 0.717) is 13.1 Å². The molecule has 1 aliphatic heterocycles. The largest absolute Gasteiger partial charge is 0.388 e. The quantitative estimate of drug-likeness (QED) is 0.900. The lowest BCUT2D eigenvalue weighted by Gasteiger charge is -2.34. The summed E-state index contributed by atoms with van der Waals surface area (Å²) in [6.07, 6.45) is 0.912. The monoisotopic (exact) mass is 294 g/mol. The van der Waals surface area contributed by atoms with Crippen LogP contribution in [0.5, 0.6) is 0 Å². The van der Waals surface area contributed by atoms with E-state index in [-0.39, 0.29) is 23.8 Å². The summed E-state index contributed by atoms with van der Waals surface area (Å²) < 4.78 is 12.9. The van der Waals surface area contributed by atoms with Gasteiger partial charge in [-0.25, -0.2) is 9.18 Å². The number of likely N-dealkylation sites (tertiary alicyclic amines) is 1. The van der Waals surface area contributed by atoms with Crippen LogP contribution in [0.3, 0.4) is 0 Å². The summed E-state index contributed by atoms with van der Waals surface area (Å²) in [6.45, 7) is 5.15. The normalized spacial score (nSPS) is 17.9. The summed E-state index contributed by atoms with van der Waals surface area (Å²) in [6, 6.07) is 6.06. The number of carbonyl (C=O) groups excluding carboxylic acids is 1. The number of hydrogen-bond acceptors (Lipinski definition) is 2. The van der Waals surface area contributed by atoms with E-state index in [1.165, 1.54) is 12.1 Å². The van der Waals surface area contributed by atoms with Crippen molar-refractivity contribution in [2.24, 2.45) is 5.92 Å². The van der Waals surface area contributed by atoms with Gasteiger partial charge in [-0.3, -0.25) is 0 Å². The van der Waals surface area contributed by atoms with Crippen molar-refractivity contribution in [1.29, 1.82) is 0 Å². The van der Waals surface area contributed by atoms with E-state index in [2.05, 4.69) is 5.32 Å². The molecule has 1 atom stereocenters. The maximum absolute atomic E-state index is 12.9. The molecule has 2 amide bonds. The molecule has 1 fully saturated rings. The molecule has 1 aliphatic rings. The summed E-state index contributed by atoms with van der Waals surface area (Å²) in [7, 11) is 0. The molecule has 5 heteroatoms. The van der Waals surface area contributed by atoms with Crippen LogP contribution in [0.2, 0.25) is 0 Å².